The van der Waals surface area contributed by atoms with Crippen molar-refractivity contribution in [2.24, 2.45) is 5.41 Å². The van der Waals surface area contributed by atoms with Crippen molar-refractivity contribution in [3.05, 3.63) is 58.8 Å². The van der Waals surface area contributed by atoms with E-state index in [9.17, 15) is 9.59 Å². The van der Waals surface area contributed by atoms with Crippen LogP contribution in [0.3, 0.4) is 0 Å². The first-order valence-corrected chi connectivity index (χ1v) is 11.0. The van der Waals surface area contributed by atoms with Gasteiger partial charge in [0.25, 0.3) is 11.8 Å². The van der Waals surface area contributed by atoms with Gasteiger partial charge in [-0.25, -0.2) is 0 Å². The lowest BCUT2D eigenvalue weighted by Crippen LogP contribution is -2.35. The van der Waals surface area contributed by atoms with Crippen LogP contribution < -0.4 is 0 Å². The first-order valence-electron chi connectivity index (χ1n) is 10.6. The van der Waals surface area contributed by atoms with Gasteiger partial charge in [-0.2, -0.15) is 15.4 Å². The van der Waals surface area contributed by atoms with Crippen molar-refractivity contribution < 1.29 is 14.0 Å². The van der Waals surface area contributed by atoms with Crippen LogP contribution in [0.5, 0.6) is 0 Å². The molecule has 2 fully saturated rings. The van der Waals surface area contributed by atoms with Gasteiger partial charge in [-0.1, -0.05) is 11.6 Å². The highest BCUT2D eigenvalue weighted by atomic mass is 35.5. The second-order valence-corrected chi connectivity index (χ2v) is 9.21. The molecule has 0 saturated carbocycles. The van der Waals surface area contributed by atoms with Gasteiger partial charge in [0, 0.05) is 47.6 Å². The second kappa shape index (κ2) is 7.06. The van der Waals surface area contributed by atoms with Gasteiger partial charge >= 0.3 is 0 Å². The molecule has 1 spiro atoms. The first-order chi connectivity index (χ1) is 15.5. The van der Waals surface area contributed by atoms with Gasteiger partial charge in [-0.05, 0) is 55.3 Å². The molecule has 9 heteroatoms. The Bertz CT molecular complexity index is 1380. The van der Waals surface area contributed by atoms with E-state index < -0.39 is 0 Å². The number of carbonyl (C=O) groups is 2. The van der Waals surface area contributed by atoms with Crippen molar-refractivity contribution in [1.29, 1.82) is 0 Å². The molecule has 2 aromatic carbocycles. The Morgan fingerprint density at radius 3 is 2.50 bits per heavy atom. The van der Waals surface area contributed by atoms with Crippen LogP contribution >= 0.6 is 11.6 Å². The average molecular weight is 450 g/mol. The SMILES string of the molecule is O=C(c1ccc2n[nH]nc2c1)N1CCC2(CCN(C(=O)c3cc4cc(Cl)ccc4o3)C2)C1. The lowest BCUT2D eigenvalue weighted by atomic mass is 9.86. The third kappa shape index (κ3) is 3.14. The molecule has 8 nitrogen and oxygen atoms in total. The third-order valence-electron chi connectivity index (χ3n) is 6.70. The quantitative estimate of drug-likeness (QED) is 0.503. The minimum atomic E-state index is -0.115. The van der Waals surface area contributed by atoms with Gasteiger partial charge in [0.2, 0.25) is 0 Å². The van der Waals surface area contributed by atoms with Crippen molar-refractivity contribution in [2.75, 3.05) is 26.2 Å². The number of amides is 2. The second-order valence-electron chi connectivity index (χ2n) is 8.77. The molecule has 1 atom stereocenters. The van der Waals surface area contributed by atoms with E-state index in [1.165, 1.54) is 0 Å². The fourth-order valence-electron chi connectivity index (χ4n) is 4.98. The Labute approximate surface area is 188 Å². The summed E-state index contributed by atoms with van der Waals surface area (Å²) in [5.74, 6) is 0.201. The summed E-state index contributed by atoms with van der Waals surface area (Å²) in [6.45, 7) is 2.60. The number of halogens is 1. The zero-order valence-corrected chi connectivity index (χ0v) is 17.9. The minimum absolute atomic E-state index is 0.00860. The fourth-order valence-corrected chi connectivity index (χ4v) is 5.16. The van der Waals surface area contributed by atoms with Crippen LogP contribution in [0, 0.1) is 5.41 Å². The molecule has 1 N–H and O–H groups in total. The lowest BCUT2D eigenvalue weighted by Gasteiger charge is -2.24. The summed E-state index contributed by atoms with van der Waals surface area (Å²) in [6.07, 6.45) is 1.75. The van der Waals surface area contributed by atoms with Gasteiger partial charge in [0.1, 0.15) is 16.6 Å². The summed E-state index contributed by atoms with van der Waals surface area (Å²) in [5.41, 5.74) is 2.59. The topological polar surface area (TPSA) is 95.3 Å². The summed E-state index contributed by atoms with van der Waals surface area (Å²) >= 11 is 6.05. The third-order valence-corrected chi connectivity index (χ3v) is 6.94. The Hall–Kier alpha value is -3.39. The first kappa shape index (κ1) is 19.3. The van der Waals surface area contributed by atoms with E-state index in [1.807, 2.05) is 9.80 Å². The van der Waals surface area contributed by atoms with E-state index in [1.54, 1.807) is 42.5 Å². The lowest BCUT2D eigenvalue weighted by molar-refractivity contribution is 0.0735. The number of hydrogen-bond donors (Lipinski definition) is 1. The molecule has 2 amide bonds. The minimum Gasteiger partial charge on any atom is -0.451 e. The predicted octanol–water partition coefficient (Wildman–Crippen LogP) is 3.74. The molecule has 32 heavy (non-hydrogen) atoms. The van der Waals surface area contributed by atoms with Gasteiger partial charge in [0.05, 0.1) is 0 Å². The van der Waals surface area contributed by atoms with Crippen LogP contribution in [-0.4, -0.2) is 63.2 Å². The van der Waals surface area contributed by atoms with E-state index >= 15 is 0 Å². The number of hydrogen-bond acceptors (Lipinski definition) is 5. The average Bonchev–Trinajstić information content (AvgIpc) is 3.59. The number of furan rings is 1. The van der Waals surface area contributed by atoms with Crippen molar-refractivity contribution >= 4 is 45.4 Å². The van der Waals surface area contributed by atoms with E-state index in [2.05, 4.69) is 15.4 Å². The van der Waals surface area contributed by atoms with Gasteiger partial charge in [0.15, 0.2) is 5.76 Å². The van der Waals surface area contributed by atoms with Crippen LogP contribution in [-0.2, 0) is 0 Å². The summed E-state index contributed by atoms with van der Waals surface area (Å²) in [6, 6.07) is 12.4. The van der Waals surface area contributed by atoms with Crippen molar-refractivity contribution in [3.63, 3.8) is 0 Å². The highest BCUT2D eigenvalue weighted by Crippen LogP contribution is 2.40. The molecule has 2 saturated heterocycles. The summed E-state index contributed by atoms with van der Waals surface area (Å²) in [7, 11) is 0. The number of H-pyrrole nitrogens is 1. The van der Waals surface area contributed by atoms with Crippen molar-refractivity contribution in [3.8, 4) is 0 Å². The normalized spacial score (nSPS) is 20.8. The highest BCUT2D eigenvalue weighted by molar-refractivity contribution is 6.31. The number of nitrogens with one attached hydrogen (secondary N) is 1. The van der Waals surface area contributed by atoms with Gasteiger partial charge in [-0.3, -0.25) is 9.59 Å². The Balaban J connectivity index is 1.16. The number of benzene rings is 2. The summed E-state index contributed by atoms with van der Waals surface area (Å²) in [4.78, 5) is 29.9. The summed E-state index contributed by atoms with van der Waals surface area (Å²) < 4.78 is 5.77. The number of aromatic amines is 1. The standard InChI is InChI=1S/C23H20ClN5O3/c24-16-2-4-19-15(9-16)11-20(32-19)22(31)29-8-6-23(13-29)5-7-28(12-23)21(30)14-1-3-17-18(10-14)26-27-25-17/h1-4,9-11H,5-8,12-13H2,(H,25,26,27). The number of fused-ring (bicyclic) bond motifs is 2. The van der Waals surface area contributed by atoms with Crippen LogP contribution in [0.15, 0.2) is 46.9 Å². The number of rotatable bonds is 2. The molecule has 6 rings (SSSR count). The van der Waals surface area contributed by atoms with Crippen LogP contribution in [0.1, 0.15) is 33.8 Å². The highest BCUT2D eigenvalue weighted by Gasteiger charge is 2.46. The molecule has 162 valence electrons. The monoisotopic (exact) mass is 449 g/mol. The van der Waals surface area contributed by atoms with Crippen LogP contribution in [0.25, 0.3) is 22.0 Å². The Morgan fingerprint density at radius 2 is 1.69 bits per heavy atom. The molecule has 0 aliphatic carbocycles. The number of likely N-dealkylation sites (tertiary alicyclic amines) is 2. The molecule has 0 radical (unpaired) electrons. The van der Waals surface area contributed by atoms with E-state index in [-0.39, 0.29) is 17.2 Å². The van der Waals surface area contributed by atoms with E-state index in [0.29, 0.717) is 53.6 Å². The molecular formula is C23H20ClN5O3. The molecule has 2 aromatic heterocycles. The van der Waals surface area contributed by atoms with Gasteiger partial charge < -0.3 is 14.2 Å². The molecular weight excluding hydrogens is 430 g/mol. The summed E-state index contributed by atoms with van der Waals surface area (Å²) in [5, 5.41) is 12.1. The molecule has 4 heterocycles. The van der Waals surface area contributed by atoms with Crippen molar-refractivity contribution in [1.82, 2.24) is 25.2 Å². The smallest absolute Gasteiger partial charge is 0.289 e. The molecule has 1 unspecified atom stereocenters. The molecule has 0 bridgehead atoms. The Morgan fingerprint density at radius 1 is 0.938 bits per heavy atom. The van der Waals surface area contributed by atoms with E-state index in [0.717, 1.165) is 23.7 Å². The zero-order chi connectivity index (χ0) is 21.9. The van der Waals surface area contributed by atoms with E-state index in [4.69, 9.17) is 16.0 Å². The maximum absolute atomic E-state index is 13.1. The maximum atomic E-state index is 13.1. The molecule has 2 aliphatic rings. The number of nitrogens with zero attached hydrogens (tertiary/aromatic N) is 4. The van der Waals surface area contributed by atoms with Gasteiger partial charge in [-0.15, -0.1) is 0 Å². The number of carbonyl (C=O) groups excluding carboxylic acids is 2. The van der Waals surface area contributed by atoms with Crippen LogP contribution in [0.4, 0.5) is 0 Å². The zero-order valence-electron chi connectivity index (χ0n) is 17.2. The van der Waals surface area contributed by atoms with Crippen LogP contribution in [0.2, 0.25) is 5.02 Å². The molecule has 4 aromatic rings. The Kier molecular flexibility index (Phi) is 4.26. The number of aromatic nitrogens is 3. The maximum Gasteiger partial charge on any atom is 0.289 e. The predicted molar refractivity (Wildman–Crippen MR) is 119 cm³/mol. The largest absolute Gasteiger partial charge is 0.451 e. The molecule has 2 aliphatic heterocycles. The fraction of sp³-hybridized carbons (Fsp3) is 0.304. The van der Waals surface area contributed by atoms with Crippen molar-refractivity contribution in [2.45, 2.75) is 12.8 Å².